The van der Waals surface area contributed by atoms with Gasteiger partial charge in [-0.3, -0.25) is 0 Å². The average molecular weight is 448 g/mol. The van der Waals surface area contributed by atoms with Crippen LogP contribution in [0.4, 0.5) is 11.5 Å². The second-order valence-corrected chi connectivity index (χ2v) is 8.58. The third kappa shape index (κ3) is 3.75. The number of fused-ring (bicyclic) bond motifs is 1. The van der Waals surface area contributed by atoms with Crippen molar-refractivity contribution in [2.24, 2.45) is 0 Å². The lowest BCUT2D eigenvalue weighted by molar-refractivity contribution is 0.415. The van der Waals surface area contributed by atoms with Gasteiger partial charge in [0.05, 0.1) is 12.8 Å². The monoisotopic (exact) mass is 447 g/mol. The van der Waals surface area contributed by atoms with Crippen molar-refractivity contribution in [1.82, 2.24) is 14.6 Å². The number of halogens is 1. The molecule has 5 rings (SSSR count). The maximum Gasteiger partial charge on any atom is 0.161 e. The largest absolute Gasteiger partial charge is 0.497 e. The number of aryl methyl sites for hydroxylation is 2. The van der Waals surface area contributed by atoms with Crippen molar-refractivity contribution in [3.05, 3.63) is 70.9 Å². The summed E-state index contributed by atoms with van der Waals surface area (Å²) in [6, 6.07) is 18.2. The van der Waals surface area contributed by atoms with E-state index < -0.39 is 0 Å². The molecule has 1 fully saturated rings. The Hall–Kier alpha value is -3.25. The molecule has 0 N–H and O–H groups in total. The molecule has 1 aliphatic rings. The van der Waals surface area contributed by atoms with Crippen molar-refractivity contribution in [3.63, 3.8) is 0 Å². The lowest BCUT2D eigenvalue weighted by atomic mass is 10.1. The van der Waals surface area contributed by atoms with E-state index in [9.17, 15) is 0 Å². The fraction of sp³-hybridized carbons (Fsp3) is 0.280. The molecule has 6 nitrogen and oxygen atoms in total. The van der Waals surface area contributed by atoms with Gasteiger partial charge in [0.15, 0.2) is 5.65 Å². The van der Waals surface area contributed by atoms with Crippen LogP contribution < -0.4 is 14.5 Å². The highest BCUT2D eigenvalue weighted by Gasteiger charge is 2.22. The molecule has 0 aliphatic carbocycles. The van der Waals surface area contributed by atoms with Gasteiger partial charge < -0.3 is 14.5 Å². The zero-order chi connectivity index (χ0) is 22.2. The van der Waals surface area contributed by atoms with Crippen LogP contribution in [0.3, 0.4) is 0 Å². The lowest BCUT2D eigenvalue weighted by Crippen LogP contribution is -2.47. The van der Waals surface area contributed by atoms with Crippen molar-refractivity contribution >= 4 is 28.8 Å². The van der Waals surface area contributed by atoms with Crippen molar-refractivity contribution in [3.8, 4) is 17.0 Å². The molecule has 32 heavy (non-hydrogen) atoms. The van der Waals surface area contributed by atoms with Crippen LogP contribution in [0.2, 0.25) is 5.02 Å². The molecule has 1 aliphatic heterocycles. The molecule has 0 bridgehead atoms. The van der Waals surface area contributed by atoms with E-state index in [1.165, 1.54) is 5.69 Å². The molecule has 2 aromatic carbocycles. The molecule has 0 atom stereocenters. The average Bonchev–Trinajstić information content (AvgIpc) is 3.15. The number of benzene rings is 2. The number of methoxy groups -OCH3 is 1. The molecule has 0 saturated carbocycles. The van der Waals surface area contributed by atoms with E-state index in [1.807, 2.05) is 47.8 Å². The SMILES string of the molecule is COc1ccc(-c2nn3c(N4CCN(c5ccc(Cl)cc5)CC4)cc(C)nc3c2C)cc1. The Morgan fingerprint density at radius 3 is 2.19 bits per heavy atom. The van der Waals surface area contributed by atoms with Gasteiger partial charge >= 0.3 is 0 Å². The van der Waals surface area contributed by atoms with Gasteiger partial charge in [0, 0.05) is 59.8 Å². The van der Waals surface area contributed by atoms with Crippen LogP contribution in [0.25, 0.3) is 16.9 Å². The number of aromatic nitrogens is 3. The second-order valence-electron chi connectivity index (χ2n) is 8.14. The van der Waals surface area contributed by atoms with Crippen molar-refractivity contribution in [2.75, 3.05) is 43.1 Å². The topological polar surface area (TPSA) is 45.9 Å². The van der Waals surface area contributed by atoms with Gasteiger partial charge in [-0.05, 0) is 62.4 Å². The van der Waals surface area contributed by atoms with E-state index >= 15 is 0 Å². The number of piperazine rings is 1. The smallest absolute Gasteiger partial charge is 0.161 e. The first-order valence-corrected chi connectivity index (χ1v) is 11.2. The van der Waals surface area contributed by atoms with Crippen molar-refractivity contribution in [2.45, 2.75) is 13.8 Å². The Labute approximate surface area is 193 Å². The minimum atomic E-state index is 0.767. The Bertz CT molecular complexity index is 1240. The maximum absolute atomic E-state index is 6.05. The van der Waals surface area contributed by atoms with E-state index in [0.29, 0.717) is 0 Å². The van der Waals surface area contributed by atoms with E-state index in [2.05, 4.69) is 34.9 Å². The highest BCUT2D eigenvalue weighted by Crippen LogP contribution is 2.30. The van der Waals surface area contributed by atoms with Gasteiger partial charge in [0.2, 0.25) is 0 Å². The third-order valence-corrected chi connectivity index (χ3v) is 6.34. The number of anilines is 2. The quantitative estimate of drug-likeness (QED) is 0.440. The molecule has 0 unspecified atom stereocenters. The Morgan fingerprint density at radius 2 is 1.53 bits per heavy atom. The molecular formula is C25H26ClN5O. The molecule has 0 radical (unpaired) electrons. The number of hydrogen-bond acceptors (Lipinski definition) is 5. The summed E-state index contributed by atoms with van der Waals surface area (Å²) < 4.78 is 7.30. The molecular weight excluding hydrogens is 422 g/mol. The molecule has 164 valence electrons. The molecule has 0 amide bonds. The first kappa shape index (κ1) is 20.6. The van der Waals surface area contributed by atoms with Gasteiger partial charge in [0.1, 0.15) is 11.6 Å². The third-order valence-electron chi connectivity index (χ3n) is 6.09. The number of ether oxygens (including phenoxy) is 1. The van der Waals surface area contributed by atoms with Gasteiger partial charge in [0.25, 0.3) is 0 Å². The summed E-state index contributed by atoms with van der Waals surface area (Å²) in [6.07, 6.45) is 0. The highest BCUT2D eigenvalue weighted by atomic mass is 35.5. The zero-order valence-electron chi connectivity index (χ0n) is 18.5. The highest BCUT2D eigenvalue weighted by molar-refractivity contribution is 6.30. The van der Waals surface area contributed by atoms with Crippen LogP contribution >= 0.6 is 11.6 Å². The summed E-state index contributed by atoms with van der Waals surface area (Å²) in [6.45, 7) is 7.85. The van der Waals surface area contributed by atoms with Crippen LogP contribution in [0.5, 0.6) is 5.75 Å². The zero-order valence-corrected chi connectivity index (χ0v) is 19.3. The van der Waals surface area contributed by atoms with Crippen molar-refractivity contribution in [1.29, 1.82) is 0 Å². The fourth-order valence-electron chi connectivity index (χ4n) is 4.32. The molecule has 7 heteroatoms. The second kappa shape index (κ2) is 8.36. The number of rotatable bonds is 4. The Morgan fingerprint density at radius 1 is 0.875 bits per heavy atom. The van der Waals surface area contributed by atoms with Gasteiger partial charge in [-0.2, -0.15) is 9.61 Å². The van der Waals surface area contributed by atoms with Gasteiger partial charge in [-0.25, -0.2) is 4.98 Å². The summed E-state index contributed by atoms with van der Waals surface area (Å²) in [5, 5.41) is 5.75. The van der Waals surface area contributed by atoms with E-state index in [4.69, 9.17) is 26.4 Å². The maximum atomic E-state index is 6.05. The minimum absolute atomic E-state index is 0.767. The first-order valence-electron chi connectivity index (χ1n) is 10.8. The predicted octanol–water partition coefficient (Wildman–Crippen LogP) is 5.00. The minimum Gasteiger partial charge on any atom is -0.497 e. The van der Waals surface area contributed by atoms with E-state index in [1.54, 1.807) is 7.11 Å². The van der Waals surface area contributed by atoms with E-state index in [-0.39, 0.29) is 0 Å². The predicted molar refractivity (Wildman–Crippen MR) is 130 cm³/mol. The van der Waals surface area contributed by atoms with Crippen molar-refractivity contribution < 1.29 is 4.74 Å². The summed E-state index contributed by atoms with van der Waals surface area (Å²) in [5.41, 5.74) is 6.21. The molecule has 0 spiro atoms. The lowest BCUT2D eigenvalue weighted by Gasteiger charge is -2.37. The molecule has 2 aromatic heterocycles. The standard InChI is InChI=1S/C25H26ClN5O/c1-17-16-23(30-14-12-29(13-15-30)21-8-6-20(26)7-9-21)31-25(27-17)18(2)24(28-31)19-4-10-22(32-3)11-5-19/h4-11,16H,12-15H2,1-3H3. The van der Waals surface area contributed by atoms with Gasteiger partial charge in [-0.1, -0.05) is 11.6 Å². The summed E-state index contributed by atoms with van der Waals surface area (Å²) in [5.74, 6) is 1.93. The normalized spacial score (nSPS) is 14.2. The Balaban J connectivity index is 1.46. The number of nitrogens with zero attached hydrogens (tertiary/aromatic N) is 5. The Kier molecular flexibility index (Phi) is 5.39. The van der Waals surface area contributed by atoms with Crippen LogP contribution in [-0.4, -0.2) is 47.9 Å². The summed E-state index contributed by atoms with van der Waals surface area (Å²) in [7, 11) is 1.68. The summed E-state index contributed by atoms with van der Waals surface area (Å²) >= 11 is 6.05. The van der Waals surface area contributed by atoms with Gasteiger partial charge in [-0.15, -0.1) is 0 Å². The van der Waals surface area contributed by atoms with E-state index in [0.717, 1.165) is 70.9 Å². The van der Waals surface area contributed by atoms with Crippen LogP contribution in [0.15, 0.2) is 54.6 Å². The fourth-order valence-corrected chi connectivity index (χ4v) is 4.45. The van der Waals surface area contributed by atoms with Crippen LogP contribution in [-0.2, 0) is 0 Å². The van der Waals surface area contributed by atoms with Crippen LogP contribution in [0, 0.1) is 13.8 Å². The van der Waals surface area contributed by atoms with Crippen LogP contribution in [0.1, 0.15) is 11.3 Å². The number of hydrogen-bond donors (Lipinski definition) is 0. The summed E-state index contributed by atoms with van der Waals surface area (Å²) in [4.78, 5) is 9.61. The molecule has 4 aromatic rings. The molecule has 3 heterocycles. The molecule has 1 saturated heterocycles. The first-order chi connectivity index (χ1) is 15.5.